The molecule has 1 rings (SSSR count). The highest BCUT2D eigenvalue weighted by atomic mass is 14.9. The molecule has 0 radical (unpaired) electrons. The molecule has 0 bridgehead atoms. The molecule has 0 atom stereocenters. The van der Waals surface area contributed by atoms with Gasteiger partial charge in [-0.05, 0) is 31.0 Å². The second-order valence-electron chi connectivity index (χ2n) is 2.85. The molecule has 11 heavy (non-hydrogen) atoms. The Morgan fingerprint density at radius 1 is 1.27 bits per heavy atom. The van der Waals surface area contributed by atoms with Crippen LogP contribution in [0.5, 0.6) is 0 Å². The molecule has 1 N–H and O–H groups in total. The fraction of sp³-hybridized carbons (Fsp3) is 0.400. The van der Waals surface area contributed by atoms with Crippen LogP contribution < -0.4 is 5.32 Å². The van der Waals surface area contributed by atoms with Gasteiger partial charge >= 0.3 is 0 Å². The van der Waals surface area contributed by atoms with Crippen molar-refractivity contribution in [1.29, 1.82) is 0 Å². The first-order chi connectivity index (χ1) is 5.31. The average Bonchev–Trinajstić information content (AvgIpc) is 2.46. The topological polar surface area (TPSA) is 12.0 Å². The Kier molecular flexibility index (Phi) is 2.66. The lowest BCUT2D eigenvalue weighted by molar-refractivity contribution is 0.592. The van der Waals surface area contributed by atoms with Gasteiger partial charge in [0.05, 0.1) is 0 Å². The summed E-state index contributed by atoms with van der Waals surface area (Å²) in [6, 6.07) is 0.594. The molecule has 0 aromatic heterocycles. The normalized spacial score (nSPS) is 19.0. The van der Waals surface area contributed by atoms with E-state index in [2.05, 4.69) is 18.5 Å². The first-order valence-corrected chi connectivity index (χ1v) is 3.96. The highest BCUT2D eigenvalue weighted by Crippen LogP contribution is 2.27. The summed E-state index contributed by atoms with van der Waals surface area (Å²) in [5, 5.41) is 3.26. The molecule has 1 aliphatic rings. The van der Waals surface area contributed by atoms with Gasteiger partial charge in [-0.3, -0.25) is 0 Å². The van der Waals surface area contributed by atoms with E-state index in [-0.39, 0.29) is 0 Å². The zero-order valence-electron chi connectivity index (χ0n) is 7.06. The third kappa shape index (κ3) is 1.60. The minimum Gasteiger partial charge on any atom is -0.316 e. The monoisotopic (exact) mass is 149 g/mol. The lowest BCUT2D eigenvalue weighted by Gasteiger charge is -2.05. The zero-order valence-corrected chi connectivity index (χ0v) is 7.06. The second kappa shape index (κ2) is 3.54. The molecule has 0 aromatic rings. The molecule has 0 spiro atoms. The summed E-state index contributed by atoms with van der Waals surface area (Å²) in [5.74, 6) is 0. The van der Waals surface area contributed by atoms with Crippen molar-refractivity contribution in [3.05, 3.63) is 36.5 Å². The van der Waals surface area contributed by atoms with Gasteiger partial charge in [-0.2, -0.15) is 0 Å². The maximum Gasteiger partial charge on any atom is 0.0145 e. The van der Waals surface area contributed by atoms with Crippen molar-refractivity contribution < 1.29 is 0 Å². The average molecular weight is 149 g/mol. The number of hydrogen-bond acceptors (Lipinski definition) is 1. The Labute approximate surface area is 68.5 Å². The molecule has 0 heterocycles. The van der Waals surface area contributed by atoms with Crippen molar-refractivity contribution in [3.63, 3.8) is 0 Å². The minimum atomic E-state index is 0.594. The Bertz CT molecular complexity index is 181. The quantitative estimate of drug-likeness (QED) is 0.647. The van der Waals surface area contributed by atoms with E-state index < -0.39 is 0 Å². The number of hydrogen-bond donors (Lipinski definition) is 1. The van der Waals surface area contributed by atoms with E-state index in [9.17, 15) is 0 Å². The molecule has 0 amide bonds. The van der Waals surface area contributed by atoms with Crippen LogP contribution in [0.25, 0.3) is 0 Å². The van der Waals surface area contributed by atoms with E-state index in [1.165, 1.54) is 11.1 Å². The van der Waals surface area contributed by atoms with Gasteiger partial charge in [-0.1, -0.05) is 25.3 Å². The molecular weight excluding hydrogens is 134 g/mol. The van der Waals surface area contributed by atoms with Crippen molar-refractivity contribution in [3.8, 4) is 0 Å². The summed E-state index contributed by atoms with van der Waals surface area (Å²) >= 11 is 0. The zero-order chi connectivity index (χ0) is 8.27. The van der Waals surface area contributed by atoms with Gasteiger partial charge in [-0.25, -0.2) is 0 Å². The molecule has 0 fully saturated rings. The molecule has 1 aliphatic carbocycles. The smallest absolute Gasteiger partial charge is 0.0145 e. The summed E-state index contributed by atoms with van der Waals surface area (Å²) in [6.07, 6.45) is 6.07. The van der Waals surface area contributed by atoms with Crippen LogP contribution >= 0.6 is 0 Å². The Hall–Kier alpha value is -0.820. The molecular formula is C10H15N. The number of rotatable bonds is 3. The lowest BCUT2D eigenvalue weighted by atomic mass is 10.1. The van der Waals surface area contributed by atoms with Crippen LogP contribution in [0.1, 0.15) is 12.8 Å². The van der Waals surface area contributed by atoms with Gasteiger partial charge in [0.25, 0.3) is 0 Å². The Morgan fingerprint density at radius 3 is 2.00 bits per heavy atom. The van der Waals surface area contributed by atoms with Crippen LogP contribution in [0, 0.1) is 0 Å². The molecule has 0 unspecified atom stereocenters. The fourth-order valence-electron chi connectivity index (χ4n) is 1.50. The van der Waals surface area contributed by atoms with Gasteiger partial charge in [0.15, 0.2) is 0 Å². The maximum absolute atomic E-state index is 3.78. The number of allylic oxidation sites excluding steroid dienone is 2. The van der Waals surface area contributed by atoms with Gasteiger partial charge < -0.3 is 5.32 Å². The van der Waals surface area contributed by atoms with Gasteiger partial charge in [-0.15, -0.1) is 0 Å². The SMILES string of the molecule is C=CC1=C(C=C)CC(NC)C1. The summed E-state index contributed by atoms with van der Waals surface area (Å²) in [4.78, 5) is 0. The van der Waals surface area contributed by atoms with Crippen molar-refractivity contribution in [2.24, 2.45) is 0 Å². The van der Waals surface area contributed by atoms with E-state index in [0.29, 0.717) is 6.04 Å². The van der Waals surface area contributed by atoms with Crippen LogP contribution in [0.15, 0.2) is 36.5 Å². The van der Waals surface area contributed by atoms with Crippen LogP contribution in [-0.4, -0.2) is 13.1 Å². The Balaban J connectivity index is 2.70. The van der Waals surface area contributed by atoms with E-state index in [0.717, 1.165) is 12.8 Å². The van der Waals surface area contributed by atoms with E-state index in [4.69, 9.17) is 0 Å². The highest BCUT2D eigenvalue weighted by Gasteiger charge is 2.18. The van der Waals surface area contributed by atoms with E-state index in [1.54, 1.807) is 0 Å². The van der Waals surface area contributed by atoms with E-state index in [1.807, 2.05) is 19.2 Å². The van der Waals surface area contributed by atoms with Crippen LogP contribution in [-0.2, 0) is 0 Å². The van der Waals surface area contributed by atoms with Crippen molar-refractivity contribution in [2.45, 2.75) is 18.9 Å². The number of nitrogens with one attached hydrogen (secondary N) is 1. The maximum atomic E-state index is 3.78. The molecule has 0 aliphatic heterocycles. The van der Waals surface area contributed by atoms with Crippen LogP contribution in [0.3, 0.4) is 0 Å². The molecule has 0 saturated heterocycles. The second-order valence-corrected chi connectivity index (χ2v) is 2.85. The van der Waals surface area contributed by atoms with Crippen molar-refractivity contribution >= 4 is 0 Å². The molecule has 60 valence electrons. The summed E-state index contributed by atoms with van der Waals surface area (Å²) in [7, 11) is 2.00. The highest BCUT2D eigenvalue weighted by molar-refractivity contribution is 5.37. The van der Waals surface area contributed by atoms with E-state index >= 15 is 0 Å². The lowest BCUT2D eigenvalue weighted by Crippen LogP contribution is -2.21. The molecule has 0 saturated carbocycles. The summed E-state index contributed by atoms with van der Waals surface area (Å²) in [6.45, 7) is 7.55. The first kappa shape index (κ1) is 8.28. The molecule has 1 nitrogen and oxygen atoms in total. The van der Waals surface area contributed by atoms with Crippen molar-refractivity contribution in [2.75, 3.05) is 7.05 Å². The van der Waals surface area contributed by atoms with Crippen molar-refractivity contribution in [1.82, 2.24) is 5.32 Å². The predicted octanol–water partition coefficient (Wildman–Crippen LogP) is 2.04. The molecule has 0 aromatic carbocycles. The summed E-state index contributed by atoms with van der Waals surface area (Å²) < 4.78 is 0. The van der Waals surface area contributed by atoms with Gasteiger partial charge in [0.2, 0.25) is 0 Å². The van der Waals surface area contributed by atoms with Gasteiger partial charge in [0.1, 0.15) is 0 Å². The first-order valence-electron chi connectivity index (χ1n) is 3.96. The minimum absolute atomic E-state index is 0.594. The third-order valence-corrected chi connectivity index (χ3v) is 2.25. The largest absolute Gasteiger partial charge is 0.316 e. The predicted molar refractivity (Wildman–Crippen MR) is 49.5 cm³/mol. The van der Waals surface area contributed by atoms with Crippen LogP contribution in [0.4, 0.5) is 0 Å². The van der Waals surface area contributed by atoms with Gasteiger partial charge in [0, 0.05) is 6.04 Å². The third-order valence-electron chi connectivity index (χ3n) is 2.25. The summed E-state index contributed by atoms with van der Waals surface area (Å²) in [5.41, 5.74) is 2.69. The fourth-order valence-corrected chi connectivity index (χ4v) is 1.50. The van der Waals surface area contributed by atoms with Crippen LogP contribution in [0.2, 0.25) is 0 Å². The molecule has 1 heteroatoms. The Morgan fingerprint density at radius 2 is 1.73 bits per heavy atom. The standard InChI is InChI=1S/C10H15N/c1-4-8-6-10(11-3)7-9(8)5-2/h4-5,10-11H,1-2,6-7H2,3H3.